The van der Waals surface area contributed by atoms with Crippen molar-refractivity contribution in [3.8, 4) is 5.75 Å². The number of benzene rings is 1. The summed E-state index contributed by atoms with van der Waals surface area (Å²) in [6.07, 6.45) is -12.7. The Morgan fingerprint density at radius 3 is 1.89 bits per heavy atom. The molecule has 0 aromatic heterocycles. The van der Waals surface area contributed by atoms with Gasteiger partial charge in [0.15, 0.2) is 0 Å². The van der Waals surface area contributed by atoms with Crippen LogP contribution in [0.4, 0.5) is 26.3 Å². The van der Waals surface area contributed by atoms with E-state index in [1.807, 2.05) is 0 Å². The maximum atomic E-state index is 12.5. The van der Waals surface area contributed by atoms with E-state index in [2.05, 4.69) is 4.18 Å². The minimum absolute atomic E-state index is 0.346. The maximum absolute atomic E-state index is 12.5. The van der Waals surface area contributed by atoms with Gasteiger partial charge in [0, 0.05) is 5.56 Å². The summed E-state index contributed by atoms with van der Waals surface area (Å²) in [7, 11) is -10.4. The Hall–Kier alpha value is -1.62. The monoisotopic (exact) mass is 447 g/mol. The van der Waals surface area contributed by atoms with Crippen molar-refractivity contribution < 1.29 is 62.1 Å². The van der Waals surface area contributed by atoms with E-state index >= 15 is 0 Å². The van der Waals surface area contributed by atoms with E-state index in [0.717, 1.165) is 0 Å². The highest BCUT2D eigenvalue weighted by atomic mass is 32.2. The summed E-state index contributed by atoms with van der Waals surface area (Å²) in [5.41, 5.74) is -6.36. The van der Waals surface area contributed by atoms with E-state index in [1.165, 1.54) is 0 Å². The van der Waals surface area contributed by atoms with Gasteiger partial charge in [-0.15, -0.1) is 0 Å². The quantitative estimate of drug-likeness (QED) is 0.374. The molecule has 1 aromatic carbocycles. The molecule has 0 aliphatic heterocycles. The molecule has 0 saturated heterocycles. The first-order valence-electron chi connectivity index (χ1n) is 6.31. The largest absolute Gasteiger partial charge is 0.744 e. The molecular formula is C11H9F6O8S2-. The highest BCUT2D eigenvalue weighted by Crippen LogP contribution is 2.43. The zero-order valence-electron chi connectivity index (χ0n) is 12.6. The summed E-state index contributed by atoms with van der Waals surface area (Å²) in [6.45, 7) is -2.78. The third-order valence-corrected chi connectivity index (χ3v) is 5.03. The van der Waals surface area contributed by atoms with E-state index in [0.29, 0.717) is 18.2 Å². The molecule has 16 heteroatoms. The van der Waals surface area contributed by atoms with Crippen LogP contribution in [-0.2, 0) is 30.2 Å². The number of aliphatic hydroxyl groups is 1. The average Bonchev–Trinajstić information content (AvgIpc) is 2.43. The molecule has 0 atom stereocenters. The Balaban J connectivity index is 3.14. The van der Waals surface area contributed by atoms with Crippen molar-refractivity contribution in [3.05, 3.63) is 23.8 Å². The van der Waals surface area contributed by atoms with Crippen LogP contribution >= 0.6 is 0 Å². The predicted molar refractivity (Wildman–Crippen MR) is 71.7 cm³/mol. The minimum Gasteiger partial charge on any atom is -0.744 e. The van der Waals surface area contributed by atoms with Gasteiger partial charge in [0.05, 0.1) is 4.90 Å². The summed E-state index contributed by atoms with van der Waals surface area (Å²) < 4.78 is 134. The van der Waals surface area contributed by atoms with Crippen LogP contribution < -0.4 is 0 Å². The molecule has 156 valence electrons. The predicted octanol–water partition coefficient (Wildman–Crippen LogP) is 0.998. The number of hydrogen-bond donors (Lipinski definition) is 2. The van der Waals surface area contributed by atoms with E-state index < -0.39 is 66.8 Å². The van der Waals surface area contributed by atoms with Crippen LogP contribution in [0.2, 0.25) is 0 Å². The van der Waals surface area contributed by atoms with Gasteiger partial charge in [-0.3, -0.25) is 4.18 Å². The molecule has 2 N–H and O–H groups in total. The molecule has 0 aliphatic carbocycles. The third-order valence-electron chi connectivity index (χ3n) is 3.06. The summed E-state index contributed by atoms with van der Waals surface area (Å²) >= 11 is 0. The van der Waals surface area contributed by atoms with Gasteiger partial charge in [-0.25, -0.2) is 8.42 Å². The fraction of sp³-hybridized carbons (Fsp3) is 0.455. The molecule has 0 aliphatic rings. The lowest BCUT2D eigenvalue weighted by Gasteiger charge is -2.31. The van der Waals surface area contributed by atoms with Gasteiger partial charge in [0.1, 0.15) is 28.2 Å². The highest BCUT2D eigenvalue weighted by Gasteiger charge is 2.71. The number of rotatable bonds is 6. The summed E-state index contributed by atoms with van der Waals surface area (Å²) in [4.78, 5) is -1.02. The van der Waals surface area contributed by atoms with Crippen LogP contribution in [0.15, 0.2) is 23.1 Å². The highest BCUT2D eigenvalue weighted by molar-refractivity contribution is 7.86. The lowest BCUT2D eigenvalue weighted by atomic mass is 10.1. The van der Waals surface area contributed by atoms with Crippen LogP contribution in [0.25, 0.3) is 0 Å². The molecule has 0 radical (unpaired) electrons. The van der Waals surface area contributed by atoms with Crippen molar-refractivity contribution >= 4 is 20.2 Å². The zero-order valence-corrected chi connectivity index (χ0v) is 14.2. The first-order valence-corrected chi connectivity index (χ1v) is 9.29. The molecule has 0 heterocycles. The van der Waals surface area contributed by atoms with Crippen molar-refractivity contribution in [1.82, 2.24) is 0 Å². The van der Waals surface area contributed by atoms with E-state index in [1.54, 1.807) is 0 Å². The van der Waals surface area contributed by atoms with E-state index in [9.17, 15) is 52.8 Å². The molecule has 0 amide bonds. The van der Waals surface area contributed by atoms with Crippen LogP contribution in [0, 0.1) is 0 Å². The standard InChI is InChI=1S/C11H10F6O8S2/c12-10(13,14)9(19,11(15,16)17)5-25-26(20,21)4-6-3-7(27(22,23)24)1-2-8(6)18/h1-3,18-19H,4-5H2,(H,22,23,24)/p-1. The zero-order chi connectivity index (χ0) is 21.5. The van der Waals surface area contributed by atoms with Gasteiger partial charge in [-0.2, -0.15) is 34.8 Å². The number of hydrogen-bond acceptors (Lipinski definition) is 8. The van der Waals surface area contributed by atoms with E-state index in [4.69, 9.17) is 5.11 Å². The molecule has 1 rings (SSSR count). The third kappa shape index (κ3) is 5.44. The SMILES string of the molecule is O=S(=O)(Cc1cc(S(=O)(=O)[O-])ccc1O)OCC(O)(C(F)(F)F)C(F)(F)F. The first-order chi connectivity index (χ1) is 11.8. The summed E-state index contributed by atoms with van der Waals surface area (Å²) in [5, 5.41) is 18.2. The van der Waals surface area contributed by atoms with Gasteiger partial charge in [0.25, 0.3) is 15.7 Å². The Morgan fingerprint density at radius 2 is 1.48 bits per heavy atom. The van der Waals surface area contributed by atoms with Crippen LogP contribution in [0.5, 0.6) is 5.75 Å². The van der Waals surface area contributed by atoms with Crippen LogP contribution in [-0.4, -0.2) is 56.2 Å². The average molecular weight is 447 g/mol. The van der Waals surface area contributed by atoms with Crippen molar-refractivity contribution in [2.45, 2.75) is 28.6 Å². The second-order valence-electron chi connectivity index (χ2n) is 5.06. The van der Waals surface area contributed by atoms with Crippen molar-refractivity contribution in [2.75, 3.05) is 6.61 Å². The number of halogens is 6. The molecular weight excluding hydrogens is 438 g/mol. The molecule has 0 bridgehead atoms. The van der Waals surface area contributed by atoms with Gasteiger partial charge >= 0.3 is 12.4 Å². The minimum atomic E-state index is -6.33. The second-order valence-corrected chi connectivity index (χ2v) is 8.08. The van der Waals surface area contributed by atoms with Gasteiger partial charge in [-0.1, -0.05) is 0 Å². The number of aromatic hydroxyl groups is 1. The molecule has 8 nitrogen and oxygen atoms in total. The molecule has 0 spiro atoms. The molecule has 0 saturated carbocycles. The molecule has 1 aromatic rings. The maximum Gasteiger partial charge on any atom is 0.428 e. The normalized spacial score (nSPS) is 14.4. The molecule has 0 fully saturated rings. The van der Waals surface area contributed by atoms with Crippen molar-refractivity contribution in [1.29, 1.82) is 0 Å². The lowest BCUT2D eigenvalue weighted by molar-refractivity contribution is -0.373. The summed E-state index contributed by atoms with van der Waals surface area (Å²) in [5.74, 6) is -2.52. The topological polar surface area (TPSA) is 141 Å². The lowest BCUT2D eigenvalue weighted by Crippen LogP contribution is -2.60. The van der Waals surface area contributed by atoms with E-state index in [-0.39, 0.29) is 0 Å². The van der Waals surface area contributed by atoms with Gasteiger partial charge < -0.3 is 14.8 Å². The second kappa shape index (κ2) is 7.08. The molecule has 27 heavy (non-hydrogen) atoms. The Morgan fingerprint density at radius 1 is 1.00 bits per heavy atom. The number of phenolic OH excluding ortho intramolecular Hbond substituents is 1. The van der Waals surface area contributed by atoms with Gasteiger partial charge in [0.2, 0.25) is 0 Å². The first kappa shape index (κ1) is 23.4. The van der Waals surface area contributed by atoms with Crippen molar-refractivity contribution in [2.24, 2.45) is 0 Å². The number of alkyl halides is 6. The van der Waals surface area contributed by atoms with Gasteiger partial charge in [-0.05, 0) is 18.2 Å². The fourth-order valence-electron chi connectivity index (χ4n) is 1.56. The number of phenols is 1. The van der Waals surface area contributed by atoms with Crippen LogP contribution in [0.1, 0.15) is 5.56 Å². The fourth-order valence-corrected chi connectivity index (χ4v) is 3.13. The Labute approximate surface area is 147 Å². The van der Waals surface area contributed by atoms with Crippen LogP contribution in [0.3, 0.4) is 0 Å². The Kier molecular flexibility index (Phi) is 6.14. The summed E-state index contributed by atoms with van der Waals surface area (Å²) in [6, 6.07) is 1.50. The van der Waals surface area contributed by atoms with Crippen molar-refractivity contribution in [3.63, 3.8) is 0 Å². The smallest absolute Gasteiger partial charge is 0.428 e. The Bertz CT molecular complexity index is 890. The molecule has 0 unspecified atom stereocenters.